The average Bonchev–Trinajstić information content (AvgIpc) is 2.93. The van der Waals surface area contributed by atoms with Gasteiger partial charge in [-0.25, -0.2) is 15.0 Å². The molecule has 0 atom stereocenters. The minimum atomic E-state index is -0.238. The number of halogens is 1. The number of nitrogens with zero attached hydrogens (tertiary/aromatic N) is 4. The van der Waals surface area contributed by atoms with Gasteiger partial charge in [0, 0.05) is 24.1 Å². The molecule has 2 heterocycles. The molecule has 0 saturated heterocycles. The summed E-state index contributed by atoms with van der Waals surface area (Å²) in [7, 11) is 0. The van der Waals surface area contributed by atoms with Gasteiger partial charge < -0.3 is 11.1 Å². The molecule has 3 N–H and O–H groups in total. The molecule has 0 spiro atoms. The Morgan fingerprint density at radius 2 is 1.82 bits per heavy atom. The van der Waals surface area contributed by atoms with Gasteiger partial charge in [-0.3, -0.25) is 14.2 Å². The lowest BCUT2D eigenvalue weighted by molar-refractivity contribution is 0.101. The van der Waals surface area contributed by atoms with Crippen molar-refractivity contribution in [1.82, 2.24) is 19.5 Å². The molecule has 0 fully saturated rings. The number of aromatic nitrogens is 4. The normalized spacial score (nSPS) is 10.6. The van der Waals surface area contributed by atoms with Crippen molar-refractivity contribution in [3.05, 3.63) is 117 Å². The molecule has 2 aromatic heterocycles. The Hall–Kier alpha value is -5.00. The first-order valence-corrected chi connectivity index (χ1v) is 12.5. The number of ketones is 1. The van der Waals surface area contributed by atoms with Crippen molar-refractivity contribution in [3.8, 4) is 17.5 Å². The monoisotopic (exact) mass is 534 g/mol. The Morgan fingerprint density at radius 1 is 1.03 bits per heavy atom. The van der Waals surface area contributed by atoms with E-state index < -0.39 is 0 Å². The van der Waals surface area contributed by atoms with E-state index in [0.717, 1.165) is 0 Å². The van der Waals surface area contributed by atoms with Crippen molar-refractivity contribution < 1.29 is 4.79 Å². The van der Waals surface area contributed by atoms with E-state index in [9.17, 15) is 9.59 Å². The standard InChI is InChI=1S/C30H23ClN6O2/c1-19(38)21-8-5-7-20(17-21)13-14-23-28(32)34-18-35-29(23)33-16-15-26-36-25-12-6-11-24(31)27(25)30(39)37(26)22-9-3-2-4-10-22/h2-12,17-18H,15-16H2,1H3,(H3,32,33,34,35). The number of rotatable bonds is 6. The van der Waals surface area contributed by atoms with Crippen LogP contribution in [0, 0.1) is 11.8 Å². The minimum Gasteiger partial charge on any atom is -0.382 e. The fourth-order valence-corrected chi connectivity index (χ4v) is 4.40. The number of nitrogen functional groups attached to an aromatic ring is 1. The van der Waals surface area contributed by atoms with E-state index >= 15 is 0 Å². The van der Waals surface area contributed by atoms with Crippen LogP contribution in [0.15, 0.2) is 83.9 Å². The van der Waals surface area contributed by atoms with Gasteiger partial charge in [-0.05, 0) is 43.3 Å². The van der Waals surface area contributed by atoms with Crippen LogP contribution in [0.3, 0.4) is 0 Å². The van der Waals surface area contributed by atoms with Crippen LogP contribution in [-0.2, 0) is 6.42 Å². The molecule has 0 radical (unpaired) electrons. The summed E-state index contributed by atoms with van der Waals surface area (Å²) in [5, 5.41) is 3.98. The molecule has 3 aromatic carbocycles. The number of benzene rings is 3. The van der Waals surface area contributed by atoms with Gasteiger partial charge in [-0.1, -0.05) is 59.8 Å². The second-order valence-corrected chi connectivity index (χ2v) is 9.09. The number of hydrogen-bond acceptors (Lipinski definition) is 7. The number of carbonyl (C=O) groups excluding carboxylic acids is 1. The smallest absolute Gasteiger partial charge is 0.267 e. The van der Waals surface area contributed by atoms with Gasteiger partial charge in [-0.2, -0.15) is 0 Å². The highest BCUT2D eigenvalue weighted by Crippen LogP contribution is 2.21. The van der Waals surface area contributed by atoms with Crippen LogP contribution < -0.4 is 16.6 Å². The molecule has 0 aliphatic carbocycles. The summed E-state index contributed by atoms with van der Waals surface area (Å²) in [5.74, 6) is 7.26. The van der Waals surface area contributed by atoms with Crippen LogP contribution in [0.4, 0.5) is 11.6 Å². The molecule has 0 aliphatic rings. The van der Waals surface area contributed by atoms with Crippen LogP contribution in [0.2, 0.25) is 5.02 Å². The molecule has 0 aliphatic heterocycles. The van der Waals surface area contributed by atoms with Crippen molar-refractivity contribution >= 4 is 39.9 Å². The summed E-state index contributed by atoms with van der Waals surface area (Å²) < 4.78 is 1.58. The Kier molecular flexibility index (Phi) is 7.34. The highest BCUT2D eigenvalue weighted by Gasteiger charge is 2.15. The number of anilines is 2. The fraction of sp³-hybridized carbons (Fsp3) is 0.100. The van der Waals surface area contributed by atoms with Gasteiger partial charge in [0.1, 0.15) is 29.4 Å². The topological polar surface area (TPSA) is 116 Å². The molecule has 5 rings (SSSR count). The third-order valence-electron chi connectivity index (χ3n) is 6.05. The van der Waals surface area contributed by atoms with E-state index in [2.05, 4.69) is 27.1 Å². The van der Waals surface area contributed by atoms with Crippen molar-refractivity contribution in [2.45, 2.75) is 13.3 Å². The first-order valence-electron chi connectivity index (χ1n) is 12.2. The molecule has 39 heavy (non-hydrogen) atoms. The minimum absolute atomic E-state index is 0.0397. The second-order valence-electron chi connectivity index (χ2n) is 8.68. The molecular weight excluding hydrogens is 512 g/mol. The maximum Gasteiger partial charge on any atom is 0.267 e. The maximum atomic E-state index is 13.5. The number of hydrogen-bond donors (Lipinski definition) is 2. The largest absolute Gasteiger partial charge is 0.382 e. The summed E-state index contributed by atoms with van der Waals surface area (Å²) >= 11 is 6.37. The number of Topliss-reactive ketones (excluding diaryl/α,β-unsaturated/α-hetero) is 1. The van der Waals surface area contributed by atoms with Crippen LogP contribution >= 0.6 is 11.6 Å². The molecule has 5 aromatic rings. The van der Waals surface area contributed by atoms with E-state index in [1.54, 1.807) is 41.0 Å². The predicted molar refractivity (Wildman–Crippen MR) is 153 cm³/mol. The lowest BCUT2D eigenvalue weighted by Gasteiger charge is -2.15. The Balaban J connectivity index is 1.46. The Bertz CT molecular complexity index is 1820. The van der Waals surface area contributed by atoms with Crippen molar-refractivity contribution in [1.29, 1.82) is 0 Å². The maximum absolute atomic E-state index is 13.5. The third kappa shape index (κ3) is 5.49. The van der Waals surface area contributed by atoms with Crippen molar-refractivity contribution in [2.75, 3.05) is 17.6 Å². The second kappa shape index (κ2) is 11.2. The highest BCUT2D eigenvalue weighted by atomic mass is 35.5. The predicted octanol–water partition coefficient (Wildman–Crippen LogP) is 4.67. The third-order valence-corrected chi connectivity index (χ3v) is 6.36. The van der Waals surface area contributed by atoms with Gasteiger partial charge in [0.2, 0.25) is 0 Å². The van der Waals surface area contributed by atoms with Crippen LogP contribution in [-0.4, -0.2) is 31.8 Å². The van der Waals surface area contributed by atoms with Crippen molar-refractivity contribution in [3.63, 3.8) is 0 Å². The van der Waals surface area contributed by atoms with Crippen LogP contribution in [0.25, 0.3) is 16.6 Å². The Labute approximate surface area is 229 Å². The number of nitrogens with one attached hydrogen (secondary N) is 1. The molecule has 9 heteroatoms. The molecular formula is C30H23ClN6O2. The number of nitrogens with two attached hydrogens (primary N) is 1. The van der Waals surface area contributed by atoms with Gasteiger partial charge in [-0.15, -0.1) is 0 Å². The van der Waals surface area contributed by atoms with E-state index in [4.69, 9.17) is 22.3 Å². The first-order chi connectivity index (χ1) is 18.9. The summed E-state index contributed by atoms with van der Waals surface area (Å²) in [6.07, 6.45) is 1.75. The first kappa shape index (κ1) is 25.6. The van der Waals surface area contributed by atoms with E-state index in [1.807, 2.05) is 36.4 Å². The van der Waals surface area contributed by atoms with Crippen LogP contribution in [0.1, 0.15) is 34.2 Å². The molecule has 0 saturated carbocycles. The molecule has 0 bridgehead atoms. The SMILES string of the molecule is CC(=O)c1cccc(C#Cc2c(N)ncnc2NCCc2nc3cccc(Cl)c3c(=O)n2-c2ccccc2)c1. The fourth-order valence-electron chi connectivity index (χ4n) is 4.15. The van der Waals surface area contributed by atoms with Gasteiger partial charge >= 0.3 is 0 Å². The lowest BCUT2D eigenvalue weighted by Crippen LogP contribution is -2.25. The van der Waals surface area contributed by atoms with Gasteiger partial charge in [0.25, 0.3) is 5.56 Å². The Morgan fingerprint density at radius 3 is 2.62 bits per heavy atom. The quantitative estimate of drug-likeness (QED) is 0.240. The molecule has 0 amide bonds. The summed E-state index contributed by atoms with van der Waals surface area (Å²) in [6, 6.07) is 21.6. The highest BCUT2D eigenvalue weighted by molar-refractivity contribution is 6.35. The number of fused-ring (bicyclic) bond motifs is 1. The summed E-state index contributed by atoms with van der Waals surface area (Å²) in [4.78, 5) is 38.4. The van der Waals surface area contributed by atoms with E-state index in [-0.39, 0.29) is 17.2 Å². The number of para-hydroxylation sites is 1. The number of carbonyl (C=O) groups is 1. The van der Waals surface area contributed by atoms with Crippen molar-refractivity contribution in [2.24, 2.45) is 0 Å². The lowest BCUT2D eigenvalue weighted by atomic mass is 10.1. The molecule has 8 nitrogen and oxygen atoms in total. The van der Waals surface area contributed by atoms with Gasteiger partial charge in [0.15, 0.2) is 5.78 Å². The van der Waals surface area contributed by atoms with Gasteiger partial charge in [0.05, 0.1) is 21.6 Å². The zero-order chi connectivity index (χ0) is 27.4. The van der Waals surface area contributed by atoms with E-state index in [1.165, 1.54) is 13.3 Å². The van der Waals surface area contributed by atoms with E-state index in [0.29, 0.717) is 62.9 Å². The zero-order valence-corrected chi connectivity index (χ0v) is 21.7. The summed E-state index contributed by atoms with van der Waals surface area (Å²) in [5.41, 5.74) is 8.79. The molecule has 192 valence electrons. The zero-order valence-electron chi connectivity index (χ0n) is 21.0. The van der Waals surface area contributed by atoms with Crippen LogP contribution in [0.5, 0.6) is 0 Å². The molecule has 0 unspecified atom stereocenters. The average molecular weight is 535 g/mol. The summed E-state index contributed by atoms with van der Waals surface area (Å²) in [6.45, 7) is 1.89.